The monoisotopic (exact) mass is 396 g/mol. The minimum atomic E-state index is -0.785. The highest BCUT2D eigenvalue weighted by Gasteiger charge is 2.50. The Morgan fingerprint density at radius 3 is 2.79 bits per heavy atom. The first-order valence-corrected chi connectivity index (χ1v) is 11.0. The van der Waals surface area contributed by atoms with Gasteiger partial charge in [0.2, 0.25) is 6.35 Å². The number of nitrogens with one attached hydrogen (secondary N) is 1. The predicted octanol–water partition coefficient (Wildman–Crippen LogP) is 1.75. The number of benzene rings is 1. The molecule has 0 spiro atoms. The van der Waals surface area contributed by atoms with Crippen LogP contribution in [0.2, 0.25) is 0 Å². The van der Waals surface area contributed by atoms with Crippen LogP contribution in [-0.4, -0.2) is 59.9 Å². The van der Waals surface area contributed by atoms with Crippen LogP contribution in [0.5, 0.6) is 0 Å². The quantitative estimate of drug-likeness (QED) is 0.724. The Hall–Kier alpha value is -1.96. The number of nitrogens with two attached hydrogens (primary N) is 1. The molecule has 3 aliphatic heterocycles. The molecule has 0 aromatic heterocycles. The van der Waals surface area contributed by atoms with Gasteiger partial charge >= 0.3 is 0 Å². The van der Waals surface area contributed by atoms with Crippen molar-refractivity contribution in [1.29, 1.82) is 0 Å². The second kappa shape index (κ2) is 7.38. The van der Waals surface area contributed by atoms with Crippen LogP contribution >= 0.6 is 0 Å². The largest absolute Gasteiger partial charge is 0.356 e. The number of aliphatic hydroxyl groups excluding tert-OH is 1. The summed E-state index contributed by atoms with van der Waals surface area (Å²) in [5.41, 5.74) is 10.1. The van der Waals surface area contributed by atoms with E-state index in [0.29, 0.717) is 5.92 Å². The number of amidine groups is 1. The van der Waals surface area contributed by atoms with Crippen molar-refractivity contribution in [3.63, 3.8) is 0 Å². The molecule has 2 saturated heterocycles. The maximum absolute atomic E-state index is 11.4. The fourth-order valence-electron chi connectivity index (χ4n) is 5.51. The minimum Gasteiger partial charge on any atom is -0.356 e. The number of aliphatic hydroxyl groups is 1. The van der Waals surface area contributed by atoms with Crippen LogP contribution in [0.25, 0.3) is 0 Å². The molecule has 29 heavy (non-hydrogen) atoms. The van der Waals surface area contributed by atoms with E-state index in [2.05, 4.69) is 52.2 Å². The minimum absolute atomic E-state index is 0.209. The number of anilines is 1. The summed E-state index contributed by atoms with van der Waals surface area (Å²) in [7, 11) is 0. The van der Waals surface area contributed by atoms with Crippen molar-refractivity contribution in [3.8, 4) is 0 Å². The number of rotatable bonds is 3. The van der Waals surface area contributed by atoms with Gasteiger partial charge in [-0.1, -0.05) is 13.0 Å². The van der Waals surface area contributed by atoms with Crippen LogP contribution in [0.15, 0.2) is 28.2 Å². The molecule has 1 aromatic carbocycles. The van der Waals surface area contributed by atoms with Crippen LogP contribution < -0.4 is 16.0 Å². The van der Waals surface area contributed by atoms with Gasteiger partial charge < -0.3 is 26.0 Å². The number of hydrogen-bond acceptors (Lipinski definition) is 7. The molecular formula is C22H32N6O. The van der Waals surface area contributed by atoms with Crippen molar-refractivity contribution < 1.29 is 5.11 Å². The van der Waals surface area contributed by atoms with Crippen LogP contribution in [0.1, 0.15) is 49.7 Å². The van der Waals surface area contributed by atoms with Gasteiger partial charge in [0.05, 0.1) is 0 Å². The van der Waals surface area contributed by atoms with Crippen molar-refractivity contribution in [2.45, 2.75) is 70.0 Å². The molecule has 0 bridgehead atoms. The van der Waals surface area contributed by atoms with Gasteiger partial charge in [0.15, 0.2) is 0 Å². The number of piperidine rings is 1. The number of aliphatic imine (C=N–C) groups is 2. The summed E-state index contributed by atoms with van der Waals surface area (Å²) in [5, 5.41) is 14.9. The highest BCUT2D eigenvalue weighted by atomic mass is 16.3. The average molecular weight is 397 g/mol. The summed E-state index contributed by atoms with van der Waals surface area (Å²) in [6.45, 7) is 6.38. The van der Waals surface area contributed by atoms with E-state index in [1.807, 2.05) is 4.90 Å². The van der Waals surface area contributed by atoms with E-state index in [4.69, 9.17) is 5.73 Å². The maximum atomic E-state index is 11.4. The van der Waals surface area contributed by atoms with Crippen molar-refractivity contribution in [1.82, 2.24) is 10.2 Å². The summed E-state index contributed by atoms with van der Waals surface area (Å²) in [5.74, 6) is 2.26. The zero-order valence-electron chi connectivity index (χ0n) is 17.3. The summed E-state index contributed by atoms with van der Waals surface area (Å²) in [6.07, 6.45) is 4.95. The van der Waals surface area contributed by atoms with Gasteiger partial charge in [-0.3, -0.25) is 4.99 Å². The third-order valence-corrected chi connectivity index (χ3v) is 7.12. The van der Waals surface area contributed by atoms with E-state index in [-0.39, 0.29) is 12.1 Å². The van der Waals surface area contributed by atoms with Gasteiger partial charge in [-0.15, -0.1) is 0 Å². The molecule has 1 saturated carbocycles. The van der Waals surface area contributed by atoms with E-state index in [0.717, 1.165) is 43.4 Å². The van der Waals surface area contributed by atoms with Gasteiger partial charge in [0.1, 0.15) is 24.4 Å². The van der Waals surface area contributed by atoms with Gasteiger partial charge in [-0.25, -0.2) is 4.99 Å². The number of fused-ring (bicyclic) bond motifs is 1. The number of hydrogen-bond donors (Lipinski definition) is 3. The lowest BCUT2D eigenvalue weighted by atomic mass is 9.71. The zero-order valence-corrected chi connectivity index (χ0v) is 17.3. The Morgan fingerprint density at radius 2 is 2.07 bits per heavy atom. The highest BCUT2D eigenvalue weighted by Crippen LogP contribution is 2.44. The smallest absolute Gasteiger partial charge is 0.209 e. The second-order valence-corrected chi connectivity index (χ2v) is 9.16. The molecule has 4 atom stereocenters. The summed E-state index contributed by atoms with van der Waals surface area (Å²) in [4.78, 5) is 13.0. The van der Waals surface area contributed by atoms with Crippen LogP contribution in [0.3, 0.4) is 0 Å². The Bertz CT molecular complexity index is 827. The van der Waals surface area contributed by atoms with Gasteiger partial charge in [0.25, 0.3) is 0 Å². The molecule has 4 unspecified atom stereocenters. The fraction of sp³-hybridized carbons (Fsp3) is 0.636. The van der Waals surface area contributed by atoms with Crippen LogP contribution in [-0.2, 0) is 0 Å². The lowest BCUT2D eigenvalue weighted by Gasteiger charge is -2.37. The Balaban J connectivity index is 1.51. The van der Waals surface area contributed by atoms with Gasteiger partial charge in [-0.05, 0) is 74.2 Å². The molecule has 7 heteroatoms. The zero-order chi connectivity index (χ0) is 20.1. The molecule has 7 nitrogen and oxygen atoms in total. The molecule has 0 radical (unpaired) electrons. The molecule has 156 valence electrons. The Morgan fingerprint density at radius 1 is 1.24 bits per heavy atom. The first kappa shape index (κ1) is 19.0. The molecule has 5 rings (SSSR count). The third-order valence-electron chi connectivity index (χ3n) is 7.12. The Kier molecular flexibility index (Phi) is 4.84. The molecular weight excluding hydrogens is 364 g/mol. The normalized spacial score (nSPS) is 36.6. The molecule has 1 aromatic rings. The molecule has 0 amide bonds. The molecule has 1 aliphatic carbocycles. The number of aryl methyl sites for hydroxylation is 1. The topological polar surface area (TPSA) is 89.5 Å². The van der Waals surface area contributed by atoms with E-state index in [9.17, 15) is 5.11 Å². The maximum Gasteiger partial charge on any atom is 0.209 e. The summed E-state index contributed by atoms with van der Waals surface area (Å²) in [6, 6.07) is 6.52. The van der Waals surface area contributed by atoms with E-state index >= 15 is 0 Å². The van der Waals surface area contributed by atoms with Crippen molar-refractivity contribution in [3.05, 3.63) is 29.3 Å². The fourth-order valence-corrected chi connectivity index (χ4v) is 5.51. The first-order chi connectivity index (χ1) is 14.0. The van der Waals surface area contributed by atoms with Crippen LogP contribution in [0, 0.1) is 12.8 Å². The van der Waals surface area contributed by atoms with Crippen LogP contribution in [0.4, 0.5) is 5.69 Å². The molecule has 4 aliphatic rings. The molecule has 3 fully saturated rings. The van der Waals surface area contributed by atoms with Crippen molar-refractivity contribution in [2.75, 3.05) is 18.0 Å². The highest BCUT2D eigenvalue weighted by molar-refractivity contribution is 6.00. The van der Waals surface area contributed by atoms with Gasteiger partial charge in [-0.2, -0.15) is 0 Å². The Labute approximate surface area is 172 Å². The van der Waals surface area contributed by atoms with Crippen molar-refractivity contribution >= 4 is 17.9 Å². The van der Waals surface area contributed by atoms with E-state index < -0.39 is 12.5 Å². The third kappa shape index (κ3) is 3.16. The summed E-state index contributed by atoms with van der Waals surface area (Å²) < 4.78 is 0. The molecule has 4 N–H and O–H groups in total. The predicted molar refractivity (Wildman–Crippen MR) is 116 cm³/mol. The molecule has 3 heterocycles. The first-order valence-electron chi connectivity index (χ1n) is 11.0. The van der Waals surface area contributed by atoms with Crippen molar-refractivity contribution in [2.24, 2.45) is 21.6 Å². The average Bonchev–Trinajstić information content (AvgIpc) is 3.00. The standard InChI is InChI=1S/C22H32N6O/c1-13-8-15(9-13)18-10-16(6-5-14(18)2)27-19-20(23)25-12-26-21(19)28(22(27)29)17-4-3-7-24-11-17/h5-6,10,12-13,15,17,19-20,22,24,29H,3-4,7-9,11,23H2,1-2H3. The van der Waals surface area contributed by atoms with E-state index in [1.54, 1.807) is 6.34 Å². The lowest BCUT2D eigenvalue weighted by Crippen LogP contribution is -2.52. The number of nitrogens with zero attached hydrogens (tertiary/aromatic N) is 4. The lowest BCUT2D eigenvalue weighted by molar-refractivity contribution is 0.0361. The van der Waals surface area contributed by atoms with Gasteiger partial charge in [0, 0.05) is 18.3 Å². The second-order valence-electron chi connectivity index (χ2n) is 9.16. The SMILES string of the molecule is Cc1ccc(N2C3C(=NC=NC3N)N(C3CCCNC3)C2O)cc1C1CC(C)C1. The summed E-state index contributed by atoms with van der Waals surface area (Å²) >= 11 is 0. The van der Waals surface area contributed by atoms with E-state index in [1.165, 1.54) is 24.0 Å².